The lowest BCUT2D eigenvalue weighted by Gasteiger charge is -2.17. The highest BCUT2D eigenvalue weighted by molar-refractivity contribution is 6.30. The van der Waals surface area contributed by atoms with Crippen molar-refractivity contribution >= 4 is 29.1 Å². The Labute approximate surface area is 198 Å². The van der Waals surface area contributed by atoms with Gasteiger partial charge in [0.2, 0.25) is 5.95 Å². The first-order chi connectivity index (χ1) is 16.0. The molecular formula is C26H26ClN5O. The van der Waals surface area contributed by atoms with E-state index in [1.807, 2.05) is 78.9 Å². The monoisotopic (exact) mass is 459 g/mol. The maximum Gasteiger partial charge on any atom is 0.222 e. The van der Waals surface area contributed by atoms with E-state index < -0.39 is 0 Å². The first-order valence-electron chi connectivity index (χ1n) is 10.7. The SMILES string of the molecule is CC(Nc1ccc(-c2c(N)nc(N)nc2COCc2ccccc2)cc1)c1ccc(Cl)cc1. The van der Waals surface area contributed by atoms with Crippen molar-refractivity contribution in [1.82, 2.24) is 9.97 Å². The van der Waals surface area contributed by atoms with E-state index >= 15 is 0 Å². The van der Waals surface area contributed by atoms with Gasteiger partial charge in [0.1, 0.15) is 5.82 Å². The Morgan fingerprint density at radius 2 is 1.58 bits per heavy atom. The van der Waals surface area contributed by atoms with E-state index in [0.717, 1.165) is 33.0 Å². The van der Waals surface area contributed by atoms with Crippen molar-refractivity contribution in [2.45, 2.75) is 26.2 Å². The first-order valence-corrected chi connectivity index (χ1v) is 11.0. The molecule has 0 aliphatic heterocycles. The zero-order chi connectivity index (χ0) is 23.2. The fourth-order valence-corrected chi connectivity index (χ4v) is 3.75. The number of nitrogens with zero attached hydrogens (tertiary/aromatic N) is 2. The first kappa shape index (κ1) is 22.6. The molecule has 0 spiro atoms. The van der Waals surface area contributed by atoms with Crippen LogP contribution in [0.1, 0.15) is 29.8 Å². The average molecular weight is 460 g/mol. The highest BCUT2D eigenvalue weighted by atomic mass is 35.5. The summed E-state index contributed by atoms with van der Waals surface area (Å²) in [6, 6.07) is 25.9. The van der Waals surface area contributed by atoms with Gasteiger partial charge >= 0.3 is 0 Å². The summed E-state index contributed by atoms with van der Waals surface area (Å²) in [7, 11) is 0. The van der Waals surface area contributed by atoms with Gasteiger partial charge in [-0.15, -0.1) is 0 Å². The number of halogens is 1. The van der Waals surface area contributed by atoms with E-state index in [1.165, 1.54) is 0 Å². The number of rotatable bonds is 8. The lowest BCUT2D eigenvalue weighted by Crippen LogP contribution is -2.08. The van der Waals surface area contributed by atoms with Gasteiger partial charge in [-0.1, -0.05) is 66.2 Å². The Balaban J connectivity index is 1.50. The summed E-state index contributed by atoms with van der Waals surface area (Å²) in [6.45, 7) is 2.84. The Hall–Kier alpha value is -3.61. The maximum atomic E-state index is 6.23. The third-order valence-electron chi connectivity index (χ3n) is 5.31. The summed E-state index contributed by atoms with van der Waals surface area (Å²) in [5.41, 5.74) is 17.6. The second kappa shape index (κ2) is 10.3. The standard InChI is InChI=1S/C26H26ClN5O/c1-17(19-7-11-21(27)12-8-19)30-22-13-9-20(10-14-22)24-23(31-26(29)32-25(24)28)16-33-15-18-5-3-2-4-6-18/h2-14,17,30H,15-16H2,1H3,(H4,28,29,31,32). The zero-order valence-electron chi connectivity index (χ0n) is 18.3. The molecule has 5 N–H and O–H groups in total. The predicted molar refractivity (Wildman–Crippen MR) is 135 cm³/mol. The molecule has 0 aliphatic rings. The molecule has 0 radical (unpaired) electrons. The molecule has 4 rings (SSSR count). The molecule has 6 nitrogen and oxygen atoms in total. The quantitative estimate of drug-likeness (QED) is 0.305. The number of hydrogen-bond acceptors (Lipinski definition) is 6. The molecule has 0 amide bonds. The molecular weight excluding hydrogens is 434 g/mol. The largest absolute Gasteiger partial charge is 0.383 e. The van der Waals surface area contributed by atoms with E-state index in [2.05, 4.69) is 22.2 Å². The number of nitrogen functional groups attached to an aromatic ring is 2. The number of hydrogen-bond donors (Lipinski definition) is 3. The predicted octanol–water partition coefficient (Wildman–Crippen LogP) is 5.85. The second-order valence-electron chi connectivity index (χ2n) is 7.76. The Kier molecular flexibility index (Phi) is 7.07. The van der Waals surface area contributed by atoms with E-state index in [1.54, 1.807) is 0 Å². The molecule has 4 aromatic rings. The fourth-order valence-electron chi connectivity index (χ4n) is 3.62. The number of aromatic nitrogens is 2. The summed E-state index contributed by atoms with van der Waals surface area (Å²) in [5, 5.41) is 4.22. The Bertz CT molecular complexity index is 1200. The lowest BCUT2D eigenvalue weighted by molar-refractivity contribution is 0.105. The van der Waals surface area contributed by atoms with Crippen LogP contribution >= 0.6 is 11.6 Å². The van der Waals surface area contributed by atoms with Crippen LogP contribution < -0.4 is 16.8 Å². The Morgan fingerprint density at radius 3 is 2.27 bits per heavy atom. The van der Waals surface area contributed by atoms with E-state index in [-0.39, 0.29) is 18.6 Å². The molecule has 0 aliphatic carbocycles. The summed E-state index contributed by atoms with van der Waals surface area (Å²) < 4.78 is 5.89. The maximum absolute atomic E-state index is 6.23. The molecule has 0 saturated carbocycles. The van der Waals surface area contributed by atoms with Gasteiger partial charge in [-0.05, 0) is 47.9 Å². The molecule has 1 heterocycles. The van der Waals surface area contributed by atoms with Gasteiger partial charge in [-0.25, -0.2) is 4.98 Å². The van der Waals surface area contributed by atoms with Crippen molar-refractivity contribution in [3.8, 4) is 11.1 Å². The van der Waals surface area contributed by atoms with Crippen LogP contribution in [0.15, 0.2) is 78.9 Å². The number of nitrogens with one attached hydrogen (secondary N) is 1. The highest BCUT2D eigenvalue weighted by Crippen LogP contribution is 2.31. The topological polar surface area (TPSA) is 99.1 Å². The van der Waals surface area contributed by atoms with Gasteiger partial charge in [0, 0.05) is 22.3 Å². The summed E-state index contributed by atoms with van der Waals surface area (Å²) in [6.07, 6.45) is 0. The normalized spacial score (nSPS) is 11.8. The van der Waals surface area contributed by atoms with Gasteiger partial charge in [-0.2, -0.15) is 4.98 Å². The van der Waals surface area contributed by atoms with Crippen molar-refractivity contribution in [3.63, 3.8) is 0 Å². The van der Waals surface area contributed by atoms with Crippen molar-refractivity contribution in [2.75, 3.05) is 16.8 Å². The molecule has 0 fully saturated rings. The van der Waals surface area contributed by atoms with Gasteiger partial charge < -0.3 is 21.5 Å². The molecule has 3 aromatic carbocycles. The van der Waals surface area contributed by atoms with Crippen LogP contribution in [0.5, 0.6) is 0 Å². The van der Waals surface area contributed by atoms with Crippen LogP contribution in [-0.2, 0) is 18.0 Å². The van der Waals surface area contributed by atoms with E-state index in [9.17, 15) is 0 Å². The smallest absolute Gasteiger partial charge is 0.222 e. The molecule has 0 saturated heterocycles. The minimum Gasteiger partial charge on any atom is -0.383 e. The minimum absolute atomic E-state index is 0.125. The van der Waals surface area contributed by atoms with Crippen LogP contribution in [-0.4, -0.2) is 9.97 Å². The van der Waals surface area contributed by atoms with Gasteiger partial charge in [0.05, 0.1) is 18.9 Å². The number of anilines is 3. The Morgan fingerprint density at radius 1 is 0.879 bits per heavy atom. The summed E-state index contributed by atoms with van der Waals surface area (Å²) >= 11 is 5.99. The van der Waals surface area contributed by atoms with E-state index in [4.69, 9.17) is 27.8 Å². The number of ether oxygens (including phenoxy) is 1. The van der Waals surface area contributed by atoms with Crippen LogP contribution in [0.2, 0.25) is 5.02 Å². The van der Waals surface area contributed by atoms with Gasteiger partial charge in [0.15, 0.2) is 0 Å². The summed E-state index contributed by atoms with van der Waals surface area (Å²) in [4.78, 5) is 8.55. The zero-order valence-corrected chi connectivity index (χ0v) is 19.1. The number of nitrogens with two attached hydrogens (primary N) is 2. The van der Waals surface area contributed by atoms with Crippen LogP contribution in [0, 0.1) is 0 Å². The average Bonchev–Trinajstić information content (AvgIpc) is 2.81. The molecule has 7 heteroatoms. The minimum atomic E-state index is 0.125. The molecule has 0 bridgehead atoms. The van der Waals surface area contributed by atoms with Gasteiger partial charge in [0.25, 0.3) is 0 Å². The molecule has 168 valence electrons. The van der Waals surface area contributed by atoms with Crippen molar-refractivity contribution < 1.29 is 4.74 Å². The molecule has 1 aromatic heterocycles. The summed E-state index contributed by atoms with van der Waals surface area (Å²) in [5.74, 6) is 0.459. The lowest BCUT2D eigenvalue weighted by atomic mass is 10.0. The van der Waals surface area contributed by atoms with Crippen LogP contribution in [0.25, 0.3) is 11.1 Å². The highest BCUT2D eigenvalue weighted by Gasteiger charge is 2.14. The van der Waals surface area contributed by atoms with Crippen molar-refractivity contribution in [1.29, 1.82) is 0 Å². The fraction of sp³-hybridized carbons (Fsp3) is 0.154. The van der Waals surface area contributed by atoms with Gasteiger partial charge in [-0.3, -0.25) is 0 Å². The molecule has 1 unspecified atom stereocenters. The third-order valence-corrected chi connectivity index (χ3v) is 5.56. The van der Waals surface area contributed by atoms with Crippen LogP contribution in [0.4, 0.5) is 17.5 Å². The molecule has 1 atom stereocenters. The van der Waals surface area contributed by atoms with Crippen LogP contribution in [0.3, 0.4) is 0 Å². The molecule has 33 heavy (non-hydrogen) atoms. The van der Waals surface area contributed by atoms with E-state index in [0.29, 0.717) is 18.1 Å². The second-order valence-corrected chi connectivity index (χ2v) is 8.20. The van der Waals surface area contributed by atoms with Crippen molar-refractivity contribution in [2.24, 2.45) is 0 Å². The number of benzene rings is 3. The third kappa shape index (κ3) is 5.80. The van der Waals surface area contributed by atoms with Crippen molar-refractivity contribution in [3.05, 3.63) is 101 Å².